The van der Waals surface area contributed by atoms with Gasteiger partial charge < -0.3 is 4.90 Å². The summed E-state index contributed by atoms with van der Waals surface area (Å²) in [6.45, 7) is 1.62. The molecule has 5 rings (SSSR count). The number of aromatic nitrogens is 3. The molecule has 0 bridgehead atoms. The molecule has 3 aromatic rings. The highest BCUT2D eigenvalue weighted by Gasteiger charge is 2.36. The maximum Gasteiger partial charge on any atom is 0.274 e. The van der Waals surface area contributed by atoms with Gasteiger partial charge in [0, 0.05) is 25.5 Å². The van der Waals surface area contributed by atoms with Crippen molar-refractivity contribution < 1.29 is 4.79 Å². The number of hydrogen-bond donors (Lipinski definition) is 0. The lowest BCUT2D eigenvalue weighted by molar-refractivity contribution is 0.0779. The van der Waals surface area contributed by atoms with Crippen LogP contribution in [0.3, 0.4) is 0 Å². The molecule has 26 heavy (non-hydrogen) atoms. The fourth-order valence-corrected chi connectivity index (χ4v) is 4.92. The van der Waals surface area contributed by atoms with Gasteiger partial charge in [-0.25, -0.2) is 15.0 Å². The SMILES string of the molecule is O=C(c1nccnc1-c1nc2ccccc2s1)N1C[C@H]2CC=CC[C@@H]2C1. The largest absolute Gasteiger partial charge is 0.337 e. The smallest absolute Gasteiger partial charge is 0.274 e. The van der Waals surface area contributed by atoms with Crippen LogP contribution in [-0.4, -0.2) is 38.8 Å². The molecule has 1 aliphatic heterocycles. The van der Waals surface area contributed by atoms with Crippen LogP contribution in [0.2, 0.25) is 0 Å². The minimum Gasteiger partial charge on any atom is -0.337 e. The Morgan fingerprint density at radius 1 is 1.04 bits per heavy atom. The third-order valence-electron chi connectivity index (χ3n) is 5.31. The monoisotopic (exact) mass is 362 g/mol. The third-order valence-corrected chi connectivity index (χ3v) is 6.35. The summed E-state index contributed by atoms with van der Waals surface area (Å²) >= 11 is 1.55. The van der Waals surface area contributed by atoms with Gasteiger partial charge in [0.05, 0.1) is 10.2 Å². The lowest BCUT2D eigenvalue weighted by Crippen LogP contribution is -2.30. The Kier molecular flexibility index (Phi) is 3.78. The molecule has 1 aliphatic carbocycles. The standard InChI is InChI=1S/C20H18N4OS/c25-20(24-11-13-5-1-2-6-14(13)12-24)18-17(21-9-10-22-18)19-23-15-7-3-4-8-16(15)26-19/h1-4,7-10,13-14H,5-6,11-12H2/t13-,14-/m1/s1. The molecule has 1 amide bonds. The zero-order valence-corrected chi connectivity index (χ0v) is 15.0. The van der Waals surface area contributed by atoms with E-state index in [2.05, 4.69) is 27.1 Å². The molecule has 2 atom stereocenters. The normalized spacial score (nSPS) is 21.9. The number of fused-ring (bicyclic) bond motifs is 2. The number of thiazole rings is 1. The van der Waals surface area contributed by atoms with E-state index in [0.717, 1.165) is 41.2 Å². The Labute approximate surface area is 155 Å². The molecule has 0 radical (unpaired) electrons. The summed E-state index contributed by atoms with van der Waals surface area (Å²) in [6, 6.07) is 7.97. The number of carbonyl (C=O) groups is 1. The molecule has 1 aromatic carbocycles. The predicted molar refractivity (Wildman–Crippen MR) is 102 cm³/mol. The van der Waals surface area contributed by atoms with Crippen molar-refractivity contribution in [2.75, 3.05) is 13.1 Å². The van der Waals surface area contributed by atoms with Gasteiger partial charge in [-0.3, -0.25) is 4.79 Å². The van der Waals surface area contributed by atoms with Crippen LogP contribution in [0.5, 0.6) is 0 Å². The number of amides is 1. The van der Waals surface area contributed by atoms with Crippen LogP contribution in [0.4, 0.5) is 0 Å². The Balaban J connectivity index is 1.49. The first kappa shape index (κ1) is 15.6. The molecule has 0 unspecified atom stereocenters. The first-order valence-corrected chi connectivity index (χ1v) is 9.72. The minimum absolute atomic E-state index is 0.0262. The summed E-state index contributed by atoms with van der Waals surface area (Å²) in [5.41, 5.74) is 1.93. The van der Waals surface area contributed by atoms with E-state index in [1.807, 2.05) is 29.2 Å². The number of nitrogens with zero attached hydrogens (tertiary/aromatic N) is 4. The first-order valence-electron chi connectivity index (χ1n) is 8.91. The molecular weight excluding hydrogens is 344 g/mol. The van der Waals surface area contributed by atoms with E-state index in [4.69, 9.17) is 0 Å². The van der Waals surface area contributed by atoms with E-state index >= 15 is 0 Å². The Hall–Kier alpha value is -2.60. The Morgan fingerprint density at radius 3 is 2.54 bits per heavy atom. The highest BCUT2D eigenvalue weighted by atomic mass is 32.1. The second-order valence-corrected chi connectivity index (χ2v) is 7.94. The van der Waals surface area contributed by atoms with Crippen LogP contribution in [0.15, 0.2) is 48.8 Å². The summed E-state index contributed by atoms with van der Waals surface area (Å²) in [6.07, 6.45) is 9.84. The highest BCUT2D eigenvalue weighted by molar-refractivity contribution is 7.21. The molecule has 0 spiro atoms. The molecule has 6 heteroatoms. The van der Waals surface area contributed by atoms with E-state index in [-0.39, 0.29) is 5.91 Å². The second-order valence-electron chi connectivity index (χ2n) is 6.91. The van der Waals surface area contributed by atoms with Crippen molar-refractivity contribution in [3.63, 3.8) is 0 Å². The minimum atomic E-state index is -0.0262. The molecule has 0 N–H and O–H groups in total. The number of rotatable bonds is 2. The van der Waals surface area contributed by atoms with Gasteiger partial charge >= 0.3 is 0 Å². The summed E-state index contributed by atoms with van der Waals surface area (Å²) < 4.78 is 1.09. The van der Waals surface area contributed by atoms with Gasteiger partial charge in [-0.05, 0) is 36.8 Å². The van der Waals surface area contributed by atoms with Gasteiger partial charge in [0.1, 0.15) is 10.7 Å². The number of benzene rings is 1. The zero-order valence-electron chi connectivity index (χ0n) is 14.2. The lowest BCUT2D eigenvalue weighted by atomic mass is 9.86. The summed E-state index contributed by atoms with van der Waals surface area (Å²) in [7, 11) is 0. The number of hydrogen-bond acceptors (Lipinski definition) is 5. The van der Waals surface area contributed by atoms with Crippen LogP contribution in [-0.2, 0) is 0 Å². The maximum atomic E-state index is 13.2. The van der Waals surface area contributed by atoms with E-state index in [1.54, 1.807) is 23.7 Å². The molecule has 130 valence electrons. The Morgan fingerprint density at radius 2 is 1.77 bits per heavy atom. The van der Waals surface area contributed by atoms with Gasteiger partial charge in [0.15, 0.2) is 5.69 Å². The zero-order chi connectivity index (χ0) is 17.5. The first-order chi connectivity index (χ1) is 12.8. The van der Waals surface area contributed by atoms with E-state index < -0.39 is 0 Å². The highest BCUT2D eigenvalue weighted by Crippen LogP contribution is 2.35. The number of allylic oxidation sites excluding steroid dienone is 2. The average molecular weight is 362 g/mol. The summed E-state index contributed by atoms with van der Waals surface area (Å²) in [5.74, 6) is 1.12. The van der Waals surface area contributed by atoms with Crippen LogP contribution in [0, 0.1) is 11.8 Å². The van der Waals surface area contributed by atoms with Crippen molar-refractivity contribution >= 4 is 27.5 Å². The maximum absolute atomic E-state index is 13.2. The number of carbonyl (C=O) groups excluding carboxylic acids is 1. The van der Waals surface area contributed by atoms with Crippen LogP contribution in [0.1, 0.15) is 23.3 Å². The second kappa shape index (κ2) is 6.29. The van der Waals surface area contributed by atoms with Crippen molar-refractivity contribution in [2.45, 2.75) is 12.8 Å². The van der Waals surface area contributed by atoms with E-state index in [0.29, 0.717) is 23.2 Å². The fourth-order valence-electron chi connectivity index (χ4n) is 3.95. The fraction of sp³-hybridized carbons (Fsp3) is 0.300. The average Bonchev–Trinajstić information content (AvgIpc) is 3.31. The molecule has 1 fully saturated rings. The van der Waals surface area contributed by atoms with Crippen LogP contribution in [0.25, 0.3) is 20.9 Å². The van der Waals surface area contributed by atoms with Crippen molar-refractivity contribution in [1.82, 2.24) is 19.9 Å². The lowest BCUT2D eigenvalue weighted by Gasteiger charge is -2.17. The van der Waals surface area contributed by atoms with Crippen LogP contribution < -0.4 is 0 Å². The molecule has 2 aliphatic rings. The van der Waals surface area contributed by atoms with E-state index in [1.165, 1.54) is 0 Å². The summed E-state index contributed by atoms with van der Waals surface area (Å²) in [4.78, 5) is 28.6. The Bertz CT molecular complexity index is 963. The van der Waals surface area contributed by atoms with Crippen molar-refractivity contribution in [2.24, 2.45) is 11.8 Å². The number of para-hydroxylation sites is 1. The predicted octanol–water partition coefficient (Wildman–Crippen LogP) is 3.79. The van der Waals surface area contributed by atoms with Gasteiger partial charge in [0.25, 0.3) is 5.91 Å². The molecule has 2 aromatic heterocycles. The quantitative estimate of drug-likeness (QED) is 0.651. The van der Waals surface area contributed by atoms with Crippen molar-refractivity contribution in [3.05, 3.63) is 54.5 Å². The molecule has 1 saturated heterocycles. The summed E-state index contributed by atoms with van der Waals surface area (Å²) in [5, 5.41) is 0.751. The third kappa shape index (κ3) is 2.61. The number of likely N-dealkylation sites (tertiary alicyclic amines) is 1. The molecular formula is C20H18N4OS. The van der Waals surface area contributed by atoms with Crippen molar-refractivity contribution in [3.8, 4) is 10.7 Å². The molecule has 3 heterocycles. The van der Waals surface area contributed by atoms with Crippen molar-refractivity contribution in [1.29, 1.82) is 0 Å². The van der Waals surface area contributed by atoms with Crippen LogP contribution >= 0.6 is 11.3 Å². The molecule has 0 saturated carbocycles. The van der Waals surface area contributed by atoms with Gasteiger partial charge in [-0.15, -0.1) is 11.3 Å². The van der Waals surface area contributed by atoms with Gasteiger partial charge in [-0.2, -0.15) is 0 Å². The topological polar surface area (TPSA) is 59.0 Å². The van der Waals surface area contributed by atoms with Gasteiger partial charge in [-0.1, -0.05) is 24.3 Å². The van der Waals surface area contributed by atoms with Gasteiger partial charge in [0.2, 0.25) is 0 Å². The van der Waals surface area contributed by atoms with E-state index in [9.17, 15) is 4.79 Å². The molecule has 5 nitrogen and oxygen atoms in total.